The molecule has 6 heteroatoms. The van der Waals surface area contributed by atoms with Gasteiger partial charge in [0, 0.05) is 13.1 Å². The molecule has 1 unspecified atom stereocenters. The van der Waals surface area contributed by atoms with Gasteiger partial charge < -0.3 is 10.8 Å². The van der Waals surface area contributed by atoms with Crippen LogP contribution in [0.25, 0.3) is 0 Å². The Kier molecular flexibility index (Phi) is 3.85. The number of benzene rings is 1. The van der Waals surface area contributed by atoms with Crippen LogP contribution in [-0.4, -0.2) is 36.5 Å². The summed E-state index contributed by atoms with van der Waals surface area (Å²) < 4.78 is 26.5. The zero-order chi connectivity index (χ0) is 14.1. The van der Waals surface area contributed by atoms with Crippen molar-refractivity contribution in [3.63, 3.8) is 0 Å². The van der Waals surface area contributed by atoms with Crippen molar-refractivity contribution in [3.8, 4) is 0 Å². The average molecular weight is 284 g/mol. The van der Waals surface area contributed by atoms with E-state index in [2.05, 4.69) is 0 Å². The number of hydrogen-bond donors (Lipinski definition) is 2. The molecule has 0 spiro atoms. The van der Waals surface area contributed by atoms with Crippen molar-refractivity contribution in [1.82, 2.24) is 4.31 Å². The number of anilines is 1. The largest absolute Gasteiger partial charge is 0.398 e. The Bertz CT molecular complexity index is 555. The number of nitrogen functional groups attached to an aromatic ring is 1. The Morgan fingerprint density at radius 3 is 2.63 bits per heavy atom. The third kappa shape index (κ3) is 3.08. The standard InChI is InChI=1S/C13H20N2O3S/c1-13(16)7-4-9-15(10-8-13)19(17,18)12-6-3-2-5-11(12)14/h2-3,5-6,16H,4,7-10,14H2,1H3. The van der Waals surface area contributed by atoms with Crippen molar-refractivity contribution in [2.75, 3.05) is 18.8 Å². The molecule has 3 N–H and O–H groups in total. The minimum atomic E-state index is -3.57. The zero-order valence-corrected chi connectivity index (χ0v) is 11.9. The quantitative estimate of drug-likeness (QED) is 0.799. The number of hydrogen-bond acceptors (Lipinski definition) is 4. The van der Waals surface area contributed by atoms with Crippen LogP contribution in [0.2, 0.25) is 0 Å². The predicted octanol–water partition coefficient (Wildman–Crippen LogP) is 1.19. The van der Waals surface area contributed by atoms with E-state index in [1.54, 1.807) is 25.1 Å². The van der Waals surface area contributed by atoms with Gasteiger partial charge in [0.1, 0.15) is 4.90 Å². The fourth-order valence-electron chi connectivity index (χ4n) is 2.33. The van der Waals surface area contributed by atoms with E-state index in [4.69, 9.17) is 5.73 Å². The lowest BCUT2D eigenvalue weighted by molar-refractivity contribution is 0.0465. The topological polar surface area (TPSA) is 83.6 Å². The first kappa shape index (κ1) is 14.3. The Hall–Kier alpha value is -1.11. The zero-order valence-electron chi connectivity index (χ0n) is 11.0. The van der Waals surface area contributed by atoms with E-state index >= 15 is 0 Å². The maximum absolute atomic E-state index is 12.5. The fourth-order valence-corrected chi connectivity index (χ4v) is 3.93. The highest BCUT2D eigenvalue weighted by molar-refractivity contribution is 7.89. The van der Waals surface area contributed by atoms with Crippen molar-refractivity contribution in [2.24, 2.45) is 0 Å². The molecule has 19 heavy (non-hydrogen) atoms. The number of sulfonamides is 1. The van der Waals surface area contributed by atoms with Crippen molar-refractivity contribution >= 4 is 15.7 Å². The van der Waals surface area contributed by atoms with Crippen LogP contribution < -0.4 is 5.73 Å². The van der Waals surface area contributed by atoms with E-state index in [-0.39, 0.29) is 10.6 Å². The van der Waals surface area contributed by atoms with Gasteiger partial charge in [-0.05, 0) is 38.3 Å². The van der Waals surface area contributed by atoms with E-state index < -0.39 is 15.6 Å². The van der Waals surface area contributed by atoms with Gasteiger partial charge >= 0.3 is 0 Å². The summed E-state index contributed by atoms with van der Waals surface area (Å²) in [5.74, 6) is 0. The van der Waals surface area contributed by atoms with Crippen LogP contribution in [-0.2, 0) is 10.0 Å². The van der Waals surface area contributed by atoms with Crippen LogP contribution in [0, 0.1) is 0 Å². The normalized spacial score (nSPS) is 26.0. The molecule has 1 aliphatic heterocycles. The summed E-state index contributed by atoms with van der Waals surface area (Å²) >= 11 is 0. The molecule has 0 bridgehead atoms. The third-order valence-electron chi connectivity index (χ3n) is 3.56. The van der Waals surface area contributed by atoms with Gasteiger partial charge in [-0.25, -0.2) is 8.42 Å². The number of nitrogens with zero attached hydrogens (tertiary/aromatic N) is 1. The minimum absolute atomic E-state index is 0.150. The first-order valence-electron chi connectivity index (χ1n) is 6.40. The van der Waals surface area contributed by atoms with Gasteiger partial charge in [-0.1, -0.05) is 12.1 Å². The van der Waals surface area contributed by atoms with Gasteiger partial charge in [0.05, 0.1) is 11.3 Å². The molecule has 2 rings (SSSR count). The molecule has 1 atom stereocenters. The molecule has 0 saturated carbocycles. The summed E-state index contributed by atoms with van der Waals surface area (Å²) in [6.07, 6.45) is 1.71. The summed E-state index contributed by atoms with van der Waals surface area (Å²) in [5.41, 5.74) is 5.23. The van der Waals surface area contributed by atoms with E-state index in [1.807, 2.05) is 0 Å². The molecule has 0 amide bonds. The third-order valence-corrected chi connectivity index (χ3v) is 5.53. The maximum Gasteiger partial charge on any atom is 0.245 e. The summed E-state index contributed by atoms with van der Waals surface area (Å²) in [6.45, 7) is 2.50. The van der Waals surface area contributed by atoms with E-state index in [1.165, 1.54) is 10.4 Å². The molecule has 0 aliphatic carbocycles. The molecule has 1 aromatic rings. The molecular formula is C13H20N2O3S. The Balaban J connectivity index is 2.28. The van der Waals surface area contributed by atoms with Gasteiger partial charge in [-0.2, -0.15) is 4.31 Å². The molecule has 1 fully saturated rings. The first-order chi connectivity index (χ1) is 8.83. The van der Waals surface area contributed by atoms with Crippen molar-refractivity contribution in [2.45, 2.75) is 36.7 Å². The monoisotopic (exact) mass is 284 g/mol. The second-order valence-corrected chi connectivity index (χ2v) is 7.20. The smallest absolute Gasteiger partial charge is 0.245 e. The predicted molar refractivity (Wildman–Crippen MR) is 74.1 cm³/mol. The molecular weight excluding hydrogens is 264 g/mol. The average Bonchev–Trinajstić information content (AvgIpc) is 2.51. The molecule has 1 saturated heterocycles. The summed E-state index contributed by atoms with van der Waals surface area (Å²) in [4.78, 5) is 0.150. The number of para-hydroxylation sites is 1. The second-order valence-electron chi connectivity index (χ2n) is 5.29. The Morgan fingerprint density at radius 1 is 1.26 bits per heavy atom. The van der Waals surface area contributed by atoms with Gasteiger partial charge in [0.25, 0.3) is 0 Å². The van der Waals surface area contributed by atoms with Crippen molar-refractivity contribution < 1.29 is 13.5 Å². The lowest BCUT2D eigenvalue weighted by atomic mass is 9.98. The van der Waals surface area contributed by atoms with E-state index in [9.17, 15) is 13.5 Å². The molecule has 106 valence electrons. The summed E-state index contributed by atoms with van der Waals surface area (Å²) in [5, 5.41) is 10.0. The van der Waals surface area contributed by atoms with E-state index in [0.717, 1.165) is 0 Å². The van der Waals surface area contributed by atoms with Crippen LogP contribution in [0.3, 0.4) is 0 Å². The van der Waals surface area contributed by atoms with E-state index in [0.29, 0.717) is 32.4 Å². The molecule has 1 heterocycles. The van der Waals surface area contributed by atoms with Crippen LogP contribution in [0.5, 0.6) is 0 Å². The van der Waals surface area contributed by atoms with Crippen molar-refractivity contribution in [1.29, 1.82) is 0 Å². The molecule has 0 aromatic heterocycles. The van der Waals surface area contributed by atoms with Crippen LogP contribution >= 0.6 is 0 Å². The Morgan fingerprint density at radius 2 is 1.95 bits per heavy atom. The van der Waals surface area contributed by atoms with Gasteiger partial charge in [0.2, 0.25) is 10.0 Å². The highest BCUT2D eigenvalue weighted by Gasteiger charge is 2.32. The van der Waals surface area contributed by atoms with Crippen LogP contribution in [0.4, 0.5) is 5.69 Å². The summed E-state index contributed by atoms with van der Waals surface area (Å²) in [6, 6.07) is 6.48. The SMILES string of the molecule is CC1(O)CCCN(S(=O)(=O)c2ccccc2N)CC1. The lowest BCUT2D eigenvalue weighted by Gasteiger charge is -2.22. The van der Waals surface area contributed by atoms with Gasteiger partial charge in [0.15, 0.2) is 0 Å². The number of rotatable bonds is 2. The molecule has 5 nitrogen and oxygen atoms in total. The van der Waals surface area contributed by atoms with Crippen LogP contribution in [0.15, 0.2) is 29.2 Å². The summed E-state index contributed by atoms with van der Waals surface area (Å²) in [7, 11) is -3.57. The van der Waals surface area contributed by atoms with Gasteiger partial charge in [-0.3, -0.25) is 0 Å². The molecule has 1 aromatic carbocycles. The maximum atomic E-state index is 12.5. The number of aliphatic hydroxyl groups is 1. The fraction of sp³-hybridized carbons (Fsp3) is 0.538. The molecule has 0 radical (unpaired) electrons. The highest BCUT2D eigenvalue weighted by Crippen LogP contribution is 2.27. The first-order valence-corrected chi connectivity index (χ1v) is 7.84. The second kappa shape index (κ2) is 5.11. The highest BCUT2D eigenvalue weighted by atomic mass is 32.2. The number of nitrogens with two attached hydrogens (primary N) is 1. The minimum Gasteiger partial charge on any atom is -0.398 e. The van der Waals surface area contributed by atoms with Crippen molar-refractivity contribution in [3.05, 3.63) is 24.3 Å². The molecule has 1 aliphatic rings. The van der Waals surface area contributed by atoms with Crippen LogP contribution in [0.1, 0.15) is 26.2 Å². The lowest BCUT2D eigenvalue weighted by Crippen LogP contribution is -2.33. The Labute approximate surface area is 114 Å². The van der Waals surface area contributed by atoms with Gasteiger partial charge in [-0.15, -0.1) is 0 Å².